The maximum Gasteiger partial charge on any atom is 0.101 e. The third-order valence-electron chi connectivity index (χ3n) is 2.02. The Bertz CT molecular complexity index is 502. The summed E-state index contributed by atoms with van der Waals surface area (Å²) in [7, 11) is 0. The van der Waals surface area contributed by atoms with Crippen LogP contribution in [0.5, 0.6) is 0 Å². The van der Waals surface area contributed by atoms with Gasteiger partial charge in [-0.25, -0.2) is 4.98 Å². The van der Waals surface area contributed by atoms with Gasteiger partial charge in [0.25, 0.3) is 0 Å². The maximum absolute atomic E-state index is 6.11. The monoisotopic (exact) mass is 383 g/mol. The predicted molar refractivity (Wildman–Crippen MR) is 77.4 cm³/mol. The highest BCUT2D eigenvalue weighted by Crippen LogP contribution is 2.36. The summed E-state index contributed by atoms with van der Waals surface area (Å²) in [6.45, 7) is 0. The zero-order chi connectivity index (χ0) is 11.7. The Hall–Kier alpha value is -0.0300. The van der Waals surface area contributed by atoms with Crippen LogP contribution in [0.15, 0.2) is 30.5 Å². The Kier molecular flexibility index (Phi) is 3.95. The first-order valence-corrected chi connectivity index (χ1v) is 6.55. The molecule has 82 valence electrons. The molecule has 0 aliphatic heterocycles. The molecule has 2 rings (SSSR count). The molecule has 0 saturated carbocycles. The second-order valence-corrected chi connectivity index (χ2v) is 5.47. The minimum atomic E-state index is 0.525. The first kappa shape index (κ1) is 12.4. The van der Waals surface area contributed by atoms with Gasteiger partial charge in [-0.1, -0.05) is 40.9 Å². The van der Waals surface area contributed by atoms with Crippen LogP contribution < -0.4 is 0 Å². The van der Waals surface area contributed by atoms with Crippen LogP contribution in [0, 0.1) is 3.70 Å². The van der Waals surface area contributed by atoms with Crippen LogP contribution in [0.3, 0.4) is 0 Å². The van der Waals surface area contributed by atoms with Gasteiger partial charge in [0, 0.05) is 22.3 Å². The Morgan fingerprint density at radius 2 is 1.62 bits per heavy atom. The van der Waals surface area contributed by atoms with E-state index in [-0.39, 0.29) is 0 Å². The number of rotatable bonds is 1. The lowest BCUT2D eigenvalue weighted by molar-refractivity contribution is 1.27. The summed E-state index contributed by atoms with van der Waals surface area (Å²) >= 11 is 20.2. The van der Waals surface area contributed by atoms with Crippen molar-refractivity contribution in [2.45, 2.75) is 0 Å². The summed E-state index contributed by atoms with van der Waals surface area (Å²) < 4.78 is 0.919. The van der Waals surface area contributed by atoms with E-state index < -0.39 is 0 Å². The first-order valence-electron chi connectivity index (χ1n) is 4.34. The maximum atomic E-state index is 6.11. The zero-order valence-electron chi connectivity index (χ0n) is 7.85. The van der Waals surface area contributed by atoms with E-state index in [0.29, 0.717) is 15.1 Å². The minimum Gasteiger partial charge on any atom is -0.250 e. The molecule has 0 atom stereocenters. The van der Waals surface area contributed by atoms with Gasteiger partial charge in [0.1, 0.15) is 3.70 Å². The quantitative estimate of drug-likeness (QED) is 0.479. The fourth-order valence-corrected chi connectivity index (χ4v) is 2.70. The van der Waals surface area contributed by atoms with Crippen molar-refractivity contribution in [2.24, 2.45) is 0 Å². The molecule has 0 saturated heterocycles. The van der Waals surface area contributed by atoms with Crippen molar-refractivity contribution >= 4 is 57.4 Å². The van der Waals surface area contributed by atoms with E-state index >= 15 is 0 Å². The number of aromatic nitrogens is 1. The molecule has 0 aliphatic carbocycles. The van der Waals surface area contributed by atoms with Crippen molar-refractivity contribution in [1.82, 2.24) is 4.98 Å². The minimum absolute atomic E-state index is 0.525. The Labute approximate surface area is 122 Å². The fourth-order valence-electron chi connectivity index (χ4n) is 1.34. The fraction of sp³-hybridized carbons (Fsp3) is 0. The summed E-state index contributed by atoms with van der Waals surface area (Å²) in [5, 5.41) is 1.58. The molecule has 0 aliphatic rings. The van der Waals surface area contributed by atoms with Crippen molar-refractivity contribution < 1.29 is 0 Å². The average molecular weight is 384 g/mol. The van der Waals surface area contributed by atoms with E-state index in [0.717, 1.165) is 14.8 Å². The van der Waals surface area contributed by atoms with Gasteiger partial charge in [0.05, 0.1) is 10.0 Å². The van der Waals surface area contributed by atoms with Crippen molar-refractivity contribution in [1.29, 1.82) is 0 Å². The van der Waals surface area contributed by atoms with Gasteiger partial charge in [-0.05, 0) is 40.8 Å². The van der Waals surface area contributed by atoms with Gasteiger partial charge in [-0.15, -0.1) is 0 Å². The lowest BCUT2D eigenvalue weighted by Crippen LogP contribution is -1.85. The zero-order valence-corrected chi connectivity index (χ0v) is 12.3. The van der Waals surface area contributed by atoms with Crippen LogP contribution in [-0.2, 0) is 0 Å². The highest BCUT2D eigenvalue weighted by atomic mass is 127. The van der Waals surface area contributed by atoms with Gasteiger partial charge in [-0.3, -0.25) is 0 Å². The predicted octanol–water partition coefficient (Wildman–Crippen LogP) is 5.31. The van der Waals surface area contributed by atoms with Gasteiger partial charge in [0.15, 0.2) is 0 Å². The Morgan fingerprint density at radius 3 is 2.12 bits per heavy atom. The second kappa shape index (κ2) is 5.08. The number of hydrogen-bond acceptors (Lipinski definition) is 1. The Balaban J connectivity index is 2.60. The largest absolute Gasteiger partial charge is 0.250 e. The summed E-state index contributed by atoms with van der Waals surface area (Å²) in [5.41, 5.74) is 1.64. The van der Waals surface area contributed by atoms with E-state index in [2.05, 4.69) is 27.6 Å². The molecule has 0 amide bonds. The van der Waals surface area contributed by atoms with Crippen LogP contribution in [0.2, 0.25) is 15.1 Å². The molecule has 0 radical (unpaired) electrons. The van der Waals surface area contributed by atoms with Crippen molar-refractivity contribution in [3.05, 3.63) is 49.2 Å². The number of hydrogen-bond donors (Lipinski definition) is 0. The number of pyridine rings is 1. The molecule has 1 aromatic carbocycles. The van der Waals surface area contributed by atoms with Crippen LogP contribution in [0.4, 0.5) is 0 Å². The molecule has 0 bridgehead atoms. The van der Waals surface area contributed by atoms with E-state index in [1.165, 1.54) is 0 Å². The topological polar surface area (TPSA) is 12.9 Å². The van der Waals surface area contributed by atoms with Crippen molar-refractivity contribution in [3.8, 4) is 11.1 Å². The second-order valence-electron chi connectivity index (χ2n) is 3.11. The third-order valence-corrected chi connectivity index (χ3v) is 3.48. The molecule has 1 heterocycles. The molecule has 16 heavy (non-hydrogen) atoms. The molecule has 2 aromatic rings. The van der Waals surface area contributed by atoms with Crippen LogP contribution in [-0.4, -0.2) is 4.98 Å². The highest BCUT2D eigenvalue weighted by Gasteiger charge is 2.10. The number of nitrogens with zero attached hydrogens (tertiary/aromatic N) is 1. The molecule has 1 nitrogen and oxygen atoms in total. The number of benzene rings is 1. The standard InChI is InChI=1S/C11H5Cl3IN/c12-7-3-8(13)11(9(14)4-7)6-1-2-10(15)16-5-6/h1-5H. The highest BCUT2D eigenvalue weighted by molar-refractivity contribution is 14.1. The summed E-state index contributed by atoms with van der Waals surface area (Å²) in [6.07, 6.45) is 1.74. The van der Waals surface area contributed by atoms with Gasteiger partial charge < -0.3 is 0 Å². The third kappa shape index (κ3) is 2.62. The molecule has 0 spiro atoms. The molecule has 0 unspecified atom stereocenters. The lowest BCUT2D eigenvalue weighted by atomic mass is 10.1. The van der Waals surface area contributed by atoms with Gasteiger partial charge in [0.2, 0.25) is 0 Å². The van der Waals surface area contributed by atoms with Crippen molar-refractivity contribution in [3.63, 3.8) is 0 Å². The molecule has 5 heteroatoms. The van der Waals surface area contributed by atoms with Gasteiger partial charge >= 0.3 is 0 Å². The van der Waals surface area contributed by atoms with Crippen LogP contribution in [0.1, 0.15) is 0 Å². The molecule has 0 fully saturated rings. The SMILES string of the molecule is Clc1cc(Cl)c(-c2ccc(I)nc2)c(Cl)c1. The normalized spacial score (nSPS) is 10.5. The Morgan fingerprint density at radius 1 is 1.00 bits per heavy atom. The average Bonchev–Trinajstić information content (AvgIpc) is 2.19. The van der Waals surface area contributed by atoms with Crippen LogP contribution >= 0.6 is 57.4 Å². The lowest BCUT2D eigenvalue weighted by Gasteiger charge is -2.07. The van der Waals surface area contributed by atoms with E-state index in [1.54, 1.807) is 18.3 Å². The van der Waals surface area contributed by atoms with E-state index in [4.69, 9.17) is 34.8 Å². The van der Waals surface area contributed by atoms with E-state index in [1.807, 2.05) is 12.1 Å². The summed E-state index contributed by atoms with van der Waals surface area (Å²) in [5.74, 6) is 0. The molecule has 0 N–H and O–H groups in total. The van der Waals surface area contributed by atoms with Crippen molar-refractivity contribution in [2.75, 3.05) is 0 Å². The molecular formula is C11H5Cl3IN. The molecule has 1 aromatic heterocycles. The smallest absolute Gasteiger partial charge is 0.101 e. The van der Waals surface area contributed by atoms with Gasteiger partial charge in [-0.2, -0.15) is 0 Å². The summed E-state index contributed by atoms with van der Waals surface area (Å²) in [6, 6.07) is 7.16. The molecular weight excluding hydrogens is 379 g/mol. The number of halogens is 4. The van der Waals surface area contributed by atoms with Crippen LogP contribution in [0.25, 0.3) is 11.1 Å². The van der Waals surface area contributed by atoms with E-state index in [9.17, 15) is 0 Å². The summed E-state index contributed by atoms with van der Waals surface area (Å²) in [4.78, 5) is 4.20. The first-order chi connectivity index (χ1) is 7.58.